The number of carboxylic acid groups (broad SMARTS) is 4. The van der Waals surface area contributed by atoms with Crippen molar-refractivity contribution in [2.24, 2.45) is 0 Å². The second-order valence-corrected chi connectivity index (χ2v) is 9.79. The summed E-state index contributed by atoms with van der Waals surface area (Å²) >= 11 is 0. The number of rotatable bonds is 14. The van der Waals surface area contributed by atoms with Crippen molar-refractivity contribution in [3.05, 3.63) is 75.9 Å². The molecule has 1 heterocycles. The number of aromatic hydroxyl groups is 1. The third-order valence-corrected chi connectivity index (χ3v) is 6.90. The molecule has 13 heteroatoms. The van der Waals surface area contributed by atoms with Gasteiger partial charge in [-0.3, -0.25) is 24.1 Å². The van der Waals surface area contributed by atoms with E-state index in [1.807, 2.05) is 0 Å². The van der Waals surface area contributed by atoms with E-state index in [9.17, 15) is 39.3 Å². The van der Waals surface area contributed by atoms with Gasteiger partial charge in [-0.05, 0) is 55.3 Å². The Balaban J connectivity index is 1.65. The van der Waals surface area contributed by atoms with E-state index in [0.717, 1.165) is 4.90 Å². The molecule has 2 aliphatic rings. The van der Waals surface area contributed by atoms with Crippen molar-refractivity contribution in [2.45, 2.75) is 25.4 Å². The monoisotopic (exact) mass is 592 g/mol. The summed E-state index contributed by atoms with van der Waals surface area (Å²) in [6.07, 6.45) is 0.164. The van der Waals surface area contributed by atoms with Gasteiger partial charge in [0.25, 0.3) is 0 Å². The smallest absolute Gasteiger partial charge is 0.336 e. The zero-order valence-electron chi connectivity index (χ0n) is 22.6. The molecule has 1 unspecified atom stereocenters. The average molecular weight is 593 g/mol. The average Bonchev–Trinajstić information content (AvgIpc) is 2.93. The van der Waals surface area contributed by atoms with Gasteiger partial charge in [-0.15, -0.1) is 0 Å². The number of hydrogen-bond donors (Lipinski definition) is 6. The van der Waals surface area contributed by atoms with E-state index in [0.29, 0.717) is 27.6 Å². The summed E-state index contributed by atoms with van der Waals surface area (Å²) < 4.78 is 6.09. The molecule has 0 fully saturated rings. The highest BCUT2D eigenvalue weighted by Crippen LogP contribution is 2.43. The lowest BCUT2D eigenvalue weighted by Crippen LogP contribution is -2.46. The standard InChI is InChI=1S/C30H28N2O11/c33-16-7-8-19-24(12-16)43-28-20(27(19)17-4-1-2-5-18(17)29(39)40)9-10-23(34)21(28)13-31-11-3-6-22(30(41)42)32(14-25(35)36)15-26(37)38/h1-2,4-5,7-10,12,22,31,34H,3,6,11,13-15H2,(H,35,36)(H,37,38)(H,39,40)(H,41,42). The molecule has 0 saturated heterocycles. The van der Waals surface area contributed by atoms with Crippen LogP contribution < -0.4 is 10.7 Å². The molecule has 0 radical (unpaired) electrons. The summed E-state index contributed by atoms with van der Waals surface area (Å²) in [6.45, 7) is -1.27. The molecule has 0 spiro atoms. The SMILES string of the molecule is O=C(O)CN(CC(=O)O)C(CCCNCc1c(O)ccc2c(-c3ccccc3C(=O)O)c3ccc(=O)cc-3oc12)C(=O)O. The summed E-state index contributed by atoms with van der Waals surface area (Å²) in [4.78, 5) is 59.1. The number of aliphatic carboxylic acids is 3. The molecule has 0 bridgehead atoms. The van der Waals surface area contributed by atoms with Crippen LogP contribution in [-0.4, -0.2) is 80.0 Å². The van der Waals surface area contributed by atoms with Crippen molar-refractivity contribution in [1.82, 2.24) is 10.2 Å². The maximum atomic E-state index is 12.2. The summed E-state index contributed by atoms with van der Waals surface area (Å²) in [7, 11) is 0. The van der Waals surface area contributed by atoms with E-state index in [2.05, 4.69) is 5.32 Å². The fourth-order valence-corrected chi connectivity index (χ4v) is 5.05. The van der Waals surface area contributed by atoms with Crippen molar-refractivity contribution >= 4 is 34.8 Å². The van der Waals surface area contributed by atoms with Crippen LogP contribution in [0.25, 0.3) is 33.4 Å². The van der Waals surface area contributed by atoms with Crippen LogP contribution in [0.3, 0.4) is 0 Å². The lowest BCUT2D eigenvalue weighted by atomic mass is 9.90. The van der Waals surface area contributed by atoms with E-state index in [1.165, 1.54) is 24.3 Å². The van der Waals surface area contributed by atoms with Gasteiger partial charge in [-0.2, -0.15) is 0 Å². The van der Waals surface area contributed by atoms with Crippen LogP contribution in [0, 0.1) is 0 Å². The van der Waals surface area contributed by atoms with E-state index in [-0.39, 0.29) is 54.0 Å². The van der Waals surface area contributed by atoms with Gasteiger partial charge >= 0.3 is 23.9 Å². The van der Waals surface area contributed by atoms with E-state index >= 15 is 0 Å². The molecule has 224 valence electrons. The summed E-state index contributed by atoms with van der Waals surface area (Å²) in [6, 6.07) is 12.2. The Labute approximate surface area is 243 Å². The molecule has 43 heavy (non-hydrogen) atoms. The van der Waals surface area contributed by atoms with Gasteiger partial charge in [-0.1, -0.05) is 18.2 Å². The predicted molar refractivity (Wildman–Crippen MR) is 152 cm³/mol. The highest BCUT2D eigenvalue weighted by Gasteiger charge is 2.29. The van der Waals surface area contributed by atoms with Gasteiger partial charge in [0.1, 0.15) is 23.1 Å². The number of nitrogens with one attached hydrogen (secondary N) is 1. The molecular formula is C30H28N2O11. The molecule has 0 aromatic heterocycles. The van der Waals surface area contributed by atoms with Crippen LogP contribution in [0.15, 0.2) is 63.8 Å². The molecule has 6 N–H and O–H groups in total. The number of phenolic OH excluding ortho intramolecular Hbond substituents is 1. The minimum Gasteiger partial charge on any atom is -0.507 e. The first-order valence-electron chi connectivity index (χ1n) is 13.1. The maximum Gasteiger partial charge on any atom is 0.336 e. The van der Waals surface area contributed by atoms with E-state index in [1.54, 1.807) is 30.3 Å². The van der Waals surface area contributed by atoms with Gasteiger partial charge < -0.3 is 35.3 Å². The third kappa shape index (κ3) is 6.97. The number of phenols is 1. The maximum absolute atomic E-state index is 12.2. The number of carboxylic acids is 4. The van der Waals surface area contributed by atoms with Crippen molar-refractivity contribution in [1.29, 1.82) is 0 Å². The number of nitrogens with zero attached hydrogens (tertiary/aromatic N) is 1. The molecular weight excluding hydrogens is 564 g/mol. The van der Waals surface area contributed by atoms with Crippen LogP contribution in [0.2, 0.25) is 0 Å². The minimum atomic E-state index is -1.36. The van der Waals surface area contributed by atoms with Crippen LogP contribution in [0.5, 0.6) is 5.75 Å². The summed E-state index contributed by atoms with van der Waals surface area (Å²) in [5, 5.41) is 51.9. The molecule has 13 nitrogen and oxygen atoms in total. The Morgan fingerprint density at radius 1 is 0.884 bits per heavy atom. The first-order chi connectivity index (χ1) is 20.5. The second kappa shape index (κ2) is 13.1. The van der Waals surface area contributed by atoms with Gasteiger partial charge in [0, 0.05) is 29.1 Å². The van der Waals surface area contributed by atoms with Crippen molar-refractivity contribution < 1.29 is 49.1 Å². The zero-order chi connectivity index (χ0) is 31.3. The van der Waals surface area contributed by atoms with Gasteiger partial charge in [0.2, 0.25) is 0 Å². The highest BCUT2D eigenvalue weighted by molar-refractivity contribution is 6.08. The number of fused-ring (bicyclic) bond motifs is 2. The Morgan fingerprint density at radius 2 is 1.58 bits per heavy atom. The number of aromatic carboxylic acids is 1. The van der Waals surface area contributed by atoms with Crippen molar-refractivity contribution in [3.63, 3.8) is 0 Å². The first-order valence-corrected chi connectivity index (χ1v) is 13.1. The molecule has 1 atom stereocenters. The van der Waals surface area contributed by atoms with E-state index < -0.39 is 43.0 Å². The predicted octanol–water partition coefficient (Wildman–Crippen LogP) is 2.76. The lowest BCUT2D eigenvalue weighted by Gasteiger charge is -2.25. The molecule has 0 amide bonds. The van der Waals surface area contributed by atoms with Crippen molar-refractivity contribution in [3.8, 4) is 28.2 Å². The molecule has 4 rings (SSSR count). The molecule has 1 aliphatic heterocycles. The Hall–Kier alpha value is -5.27. The summed E-state index contributed by atoms with van der Waals surface area (Å²) in [5.74, 6) is -5.18. The fraction of sp³-hybridized carbons (Fsp3) is 0.233. The molecule has 2 aromatic rings. The molecule has 1 aliphatic carbocycles. The normalized spacial score (nSPS) is 12.0. The van der Waals surface area contributed by atoms with Gasteiger partial charge in [0.05, 0.1) is 24.2 Å². The quantitative estimate of drug-likeness (QED) is 0.0918. The minimum absolute atomic E-state index is 0.0287. The van der Waals surface area contributed by atoms with Gasteiger partial charge in [0.15, 0.2) is 5.43 Å². The number of benzene rings is 3. The van der Waals surface area contributed by atoms with Crippen LogP contribution in [0.4, 0.5) is 0 Å². The van der Waals surface area contributed by atoms with Crippen LogP contribution >= 0.6 is 0 Å². The zero-order valence-corrected chi connectivity index (χ0v) is 22.6. The van der Waals surface area contributed by atoms with Crippen LogP contribution in [0.1, 0.15) is 28.8 Å². The fourth-order valence-electron chi connectivity index (χ4n) is 5.05. The largest absolute Gasteiger partial charge is 0.507 e. The first kappa shape index (κ1) is 30.7. The lowest BCUT2D eigenvalue weighted by molar-refractivity contribution is -0.149. The Kier molecular flexibility index (Phi) is 9.38. The molecule has 0 saturated carbocycles. The number of hydrogen-bond acceptors (Lipinski definition) is 9. The van der Waals surface area contributed by atoms with Crippen molar-refractivity contribution in [2.75, 3.05) is 19.6 Å². The number of carbonyl (C=O) groups is 4. The Morgan fingerprint density at radius 3 is 2.23 bits per heavy atom. The Bertz CT molecular complexity index is 1710. The van der Waals surface area contributed by atoms with E-state index in [4.69, 9.17) is 14.6 Å². The summed E-state index contributed by atoms with van der Waals surface area (Å²) in [5.41, 5.74) is 1.59. The highest BCUT2D eigenvalue weighted by atomic mass is 16.4. The topological polar surface area (TPSA) is 215 Å². The second-order valence-electron chi connectivity index (χ2n) is 9.79. The van der Waals surface area contributed by atoms with Crippen LogP contribution in [-0.2, 0) is 20.9 Å². The third-order valence-electron chi connectivity index (χ3n) is 6.90. The molecule has 2 aromatic carbocycles. The van der Waals surface area contributed by atoms with Gasteiger partial charge in [-0.25, -0.2) is 4.79 Å².